The standard InChI is InChI=1S/C38H61O7P/c1-23(2)27(25-15-33(41)29(17-31(25)39)37(11,12)21-35(5,6)7)19-44-46(43)45-20-28(24(3)4)26-16-34(42)30(18-32(26)40)38(13,14)22-36(8,9)10/h15-18,23-24,27-28H,19-22H2,1-14H3,(H3-,39,40,41,42)/p+1. The minimum Gasteiger partial charge on any atom is -0.508 e. The van der Waals surface area contributed by atoms with Crippen LogP contribution in [0.1, 0.15) is 144 Å². The third kappa shape index (κ3) is 10.9. The Kier molecular flexibility index (Phi) is 12.8. The summed E-state index contributed by atoms with van der Waals surface area (Å²) in [4.78, 5) is 0. The molecule has 46 heavy (non-hydrogen) atoms. The van der Waals surface area contributed by atoms with Crippen LogP contribution in [0.4, 0.5) is 0 Å². The van der Waals surface area contributed by atoms with Gasteiger partial charge in [-0.1, -0.05) is 96.9 Å². The van der Waals surface area contributed by atoms with Crippen molar-refractivity contribution in [2.45, 2.75) is 132 Å². The Balaban J connectivity index is 2.21. The molecule has 260 valence electrons. The van der Waals surface area contributed by atoms with Gasteiger partial charge in [0.05, 0.1) is 0 Å². The minimum atomic E-state index is -2.53. The number of rotatable bonds is 14. The number of hydrogen-bond donors (Lipinski definition) is 4. The molecule has 0 aromatic heterocycles. The summed E-state index contributed by atoms with van der Waals surface area (Å²) in [5.41, 5.74) is 1.76. The van der Waals surface area contributed by atoms with Crippen molar-refractivity contribution >= 4 is 8.25 Å². The lowest BCUT2D eigenvalue weighted by atomic mass is 9.71. The van der Waals surface area contributed by atoms with E-state index in [1.54, 1.807) is 24.3 Å². The summed E-state index contributed by atoms with van der Waals surface area (Å²) in [5.74, 6) is -0.320. The molecule has 2 rings (SSSR count). The first kappa shape index (κ1) is 39.8. The van der Waals surface area contributed by atoms with Gasteiger partial charge in [-0.2, -0.15) is 0 Å². The number of phenolic OH excluding ortho intramolecular Hbond substituents is 4. The van der Waals surface area contributed by atoms with Crippen LogP contribution in [0.2, 0.25) is 0 Å². The van der Waals surface area contributed by atoms with Crippen LogP contribution in [-0.4, -0.2) is 33.6 Å². The fraction of sp³-hybridized carbons (Fsp3) is 0.684. The normalized spacial score (nSPS) is 15.0. The van der Waals surface area contributed by atoms with Crippen molar-refractivity contribution in [3.05, 3.63) is 46.5 Å². The maximum atomic E-state index is 13.0. The SMILES string of the molecule is CC(C)C(CO[P+](=O)OCC(c1cc(O)c(C(C)(C)CC(C)(C)C)cc1O)C(C)C)c1cc(O)c(C(C)(C)CC(C)(C)C)cc1O. The quantitative estimate of drug-likeness (QED) is 0.118. The third-order valence-electron chi connectivity index (χ3n) is 8.82. The fourth-order valence-corrected chi connectivity index (χ4v) is 7.95. The van der Waals surface area contributed by atoms with E-state index in [0.717, 1.165) is 12.8 Å². The first-order valence-electron chi connectivity index (χ1n) is 16.6. The Morgan fingerprint density at radius 1 is 0.565 bits per heavy atom. The highest BCUT2D eigenvalue weighted by Crippen LogP contribution is 2.47. The molecule has 8 heteroatoms. The molecule has 4 N–H and O–H groups in total. The minimum absolute atomic E-state index is 0.00604. The van der Waals surface area contributed by atoms with Gasteiger partial charge in [0.1, 0.15) is 36.2 Å². The fourth-order valence-electron chi connectivity index (χ4n) is 7.31. The molecule has 0 spiro atoms. The highest BCUT2D eigenvalue weighted by atomic mass is 31.1. The highest BCUT2D eigenvalue weighted by molar-refractivity contribution is 7.33. The van der Waals surface area contributed by atoms with Gasteiger partial charge in [-0.25, -0.2) is 0 Å². The predicted molar refractivity (Wildman–Crippen MR) is 188 cm³/mol. The maximum Gasteiger partial charge on any atom is 0.697 e. The second-order valence-corrected chi connectivity index (χ2v) is 18.6. The Morgan fingerprint density at radius 2 is 0.870 bits per heavy atom. The number of phenols is 4. The average Bonchev–Trinajstić information content (AvgIpc) is 2.84. The van der Waals surface area contributed by atoms with Crippen LogP contribution in [0, 0.1) is 22.7 Å². The molecule has 0 fully saturated rings. The molecule has 0 aliphatic rings. The lowest BCUT2D eigenvalue weighted by Crippen LogP contribution is -2.25. The maximum absolute atomic E-state index is 13.0. The smallest absolute Gasteiger partial charge is 0.508 e. The van der Waals surface area contributed by atoms with E-state index >= 15 is 0 Å². The van der Waals surface area contributed by atoms with Crippen LogP contribution in [-0.2, 0) is 24.4 Å². The molecule has 2 unspecified atom stereocenters. The molecule has 0 amide bonds. The summed E-state index contributed by atoms with van der Waals surface area (Å²) >= 11 is 0. The van der Waals surface area contributed by atoms with E-state index in [0.29, 0.717) is 22.3 Å². The van der Waals surface area contributed by atoms with Gasteiger partial charge in [-0.3, -0.25) is 0 Å². The number of benzene rings is 2. The molecular formula is C38H62O7P+. The zero-order valence-electron chi connectivity index (χ0n) is 30.9. The van der Waals surface area contributed by atoms with E-state index < -0.39 is 8.25 Å². The van der Waals surface area contributed by atoms with Gasteiger partial charge in [0.2, 0.25) is 0 Å². The van der Waals surface area contributed by atoms with Gasteiger partial charge < -0.3 is 20.4 Å². The Bertz CT molecular complexity index is 1240. The van der Waals surface area contributed by atoms with Crippen molar-refractivity contribution < 1.29 is 34.0 Å². The van der Waals surface area contributed by atoms with Crippen molar-refractivity contribution in [3.63, 3.8) is 0 Å². The van der Waals surface area contributed by atoms with Crippen LogP contribution < -0.4 is 0 Å². The van der Waals surface area contributed by atoms with Crippen molar-refractivity contribution in [2.24, 2.45) is 22.7 Å². The molecule has 2 aromatic carbocycles. The molecule has 2 aromatic rings. The molecule has 0 radical (unpaired) electrons. The highest BCUT2D eigenvalue weighted by Gasteiger charge is 2.35. The van der Waals surface area contributed by atoms with Crippen LogP contribution >= 0.6 is 8.25 Å². The van der Waals surface area contributed by atoms with Crippen molar-refractivity contribution in [2.75, 3.05) is 13.2 Å². The lowest BCUT2D eigenvalue weighted by Gasteiger charge is -2.34. The van der Waals surface area contributed by atoms with Gasteiger partial charge in [0, 0.05) is 38.7 Å². The van der Waals surface area contributed by atoms with Crippen molar-refractivity contribution in [1.29, 1.82) is 0 Å². The van der Waals surface area contributed by atoms with E-state index in [2.05, 4.69) is 69.2 Å². The summed E-state index contributed by atoms with van der Waals surface area (Å²) in [7, 11) is -2.53. The molecule has 0 heterocycles. The molecule has 0 bridgehead atoms. The second-order valence-electron chi connectivity index (χ2n) is 17.6. The van der Waals surface area contributed by atoms with Crippen LogP contribution in [0.5, 0.6) is 23.0 Å². The monoisotopic (exact) mass is 661 g/mol. The Hall–Kier alpha value is -2.34. The third-order valence-corrected chi connectivity index (χ3v) is 9.54. The summed E-state index contributed by atoms with van der Waals surface area (Å²) in [6.07, 6.45) is 1.63. The van der Waals surface area contributed by atoms with Crippen LogP contribution in [0.25, 0.3) is 0 Å². The lowest BCUT2D eigenvalue weighted by molar-refractivity contribution is 0.185. The molecule has 0 aliphatic heterocycles. The molecule has 7 nitrogen and oxygen atoms in total. The van der Waals surface area contributed by atoms with Gasteiger partial charge in [-0.05, 0) is 70.6 Å². The van der Waals surface area contributed by atoms with Crippen molar-refractivity contribution in [1.82, 2.24) is 0 Å². The largest absolute Gasteiger partial charge is 0.697 e. The topological polar surface area (TPSA) is 116 Å². The van der Waals surface area contributed by atoms with Crippen LogP contribution in [0.15, 0.2) is 24.3 Å². The first-order chi connectivity index (χ1) is 20.8. The number of hydrogen-bond acceptors (Lipinski definition) is 7. The summed E-state index contributed by atoms with van der Waals surface area (Å²) in [6, 6.07) is 6.50. The second kappa shape index (κ2) is 14.8. The molecule has 0 saturated carbocycles. The number of aromatic hydroxyl groups is 4. The van der Waals surface area contributed by atoms with Gasteiger partial charge >= 0.3 is 8.25 Å². The van der Waals surface area contributed by atoms with Gasteiger partial charge in [0.15, 0.2) is 0 Å². The van der Waals surface area contributed by atoms with E-state index in [-0.39, 0.29) is 81.5 Å². The predicted octanol–water partition coefficient (Wildman–Crippen LogP) is 10.8. The summed E-state index contributed by atoms with van der Waals surface area (Å²) in [5, 5.41) is 44.3. The molecule has 0 aliphatic carbocycles. The van der Waals surface area contributed by atoms with E-state index in [9.17, 15) is 25.0 Å². The molecule has 2 atom stereocenters. The average molecular weight is 662 g/mol. The van der Waals surface area contributed by atoms with E-state index in [1.807, 2.05) is 27.7 Å². The summed E-state index contributed by atoms with van der Waals surface area (Å²) in [6.45, 7) is 29.1. The molecule has 0 saturated heterocycles. The van der Waals surface area contributed by atoms with E-state index in [1.165, 1.54) is 0 Å². The van der Waals surface area contributed by atoms with Crippen molar-refractivity contribution in [3.8, 4) is 23.0 Å². The Labute approximate surface area is 279 Å². The Morgan fingerprint density at radius 3 is 1.13 bits per heavy atom. The van der Waals surface area contributed by atoms with Gasteiger partial charge in [-0.15, -0.1) is 9.05 Å². The molecular weight excluding hydrogens is 599 g/mol. The van der Waals surface area contributed by atoms with Gasteiger partial charge in [0.25, 0.3) is 0 Å². The van der Waals surface area contributed by atoms with E-state index in [4.69, 9.17) is 9.05 Å². The van der Waals surface area contributed by atoms with Crippen LogP contribution in [0.3, 0.4) is 0 Å². The zero-order valence-corrected chi connectivity index (χ0v) is 31.8. The summed E-state index contributed by atoms with van der Waals surface area (Å²) < 4.78 is 24.4. The zero-order chi connectivity index (χ0) is 35.6. The first-order valence-corrected chi connectivity index (χ1v) is 17.7.